The number of carbonyl (C=O) groups is 2. The van der Waals surface area contributed by atoms with Gasteiger partial charge in [0.1, 0.15) is 0 Å². The van der Waals surface area contributed by atoms with Crippen molar-refractivity contribution in [3.8, 4) is 0 Å². The van der Waals surface area contributed by atoms with Crippen LogP contribution >= 0.6 is 34.9 Å². The van der Waals surface area contributed by atoms with Crippen molar-refractivity contribution in [1.29, 1.82) is 0 Å². The van der Waals surface area contributed by atoms with Crippen LogP contribution in [-0.4, -0.2) is 58.1 Å². The van der Waals surface area contributed by atoms with Crippen LogP contribution in [0.25, 0.3) is 0 Å². The Kier molecular flexibility index (Phi) is 8.34. The summed E-state index contributed by atoms with van der Waals surface area (Å²) >= 11 is 4.26. The monoisotopic (exact) mass is 388 g/mol. The first-order chi connectivity index (χ1) is 11.6. The molecular weight excluding hydrogens is 364 g/mol. The standard InChI is InChI=1S/C15H24N4O2S3/c1-3-6-16-12(20)9-22-14-17-18-15(24-14)23-10-13(21)19-7-4-11(2)5-8-19/h11H,3-10H2,1-2H3,(H,16,20). The van der Waals surface area contributed by atoms with Crippen LogP contribution in [0.5, 0.6) is 0 Å². The molecule has 2 amide bonds. The Balaban J connectivity index is 1.69. The van der Waals surface area contributed by atoms with E-state index in [0.717, 1.165) is 46.9 Å². The van der Waals surface area contributed by atoms with Gasteiger partial charge in [-0.3, -0.25) is 9.59 Å². The topological polar surface area (TPSA) is 75.2 Å². The molecule has 0 bridgehead atoms. The molecule has 2 heterocycles. The zero-order chi connectivity index (χ0) is 17.4. The number of likely N-dealkylation sites (tertiary alicyclic amines) is 1. The molecule has 0 aromatic carbocycles. The SMILES string of the molecule is CCCNC(=O)CSc1nnc(SCC(=O)N2CCC(C)CC2)s1. The Morgan fingerprint density at radius 2 is 1.83 bits per heavy atom. The van der Waals surface area contributed by atoms with Crippen LogP contribution < -0.4 is 5.32 Å². The molecule has 1 N–H and O–H groups in total. The predicted molar refractivity (Wildman–Crippen MR) is 99.6 cm³/mol. The molecule has 0 atom stereocenters. The Hall–Kier alpha value is -0.800. The van der Waals surface area contributed by atoms with Crippen molar-refractivity contribution in [1.82, 2.24) is 20.4 Å². The van der Waals surface area contributed by atoms with Crippen LogP contribution in [0.2, 0.25) is 0 Å². The van der Waals surface area contributed by atoms with Crippen LogP contribution in [-0.2, 0) is 9.59 Å². The van der Waals surface area contributed by atoms with E-state index in [1.807, 2.05) is 11.8 Å². The van der Waals surface area contributed by atoms with E-state index < -0.39 is 0 Å². The summed E-state index contributed by atoms with van der Waals surface area (Å²) in [7, 11) is 0. The minimum Gasteiger partial charge on any atom is -0.355 e. The molecule has 134 valence electrons. The van der Waals surface area contributed by atoms with E-state index in [-0.39, 0.29) is 11.8 Å². The van der Waals surface area contributed by atoms with Crippen LogP contribution in [0, 0.1) is 5.92 Å². The van der Waals surface area contributed by atoms with Gasteiger partial charge < -0.3 is 10.2 Å². The molecule has 1 aromatic heterocycles. The third-order valence-electron chi connectivity index (χ3n) is 3.74. The van der Waals surface area contributed by atoms with Crippen molar-refractivity contribution in [3.63, 3.8) is 0 Å². The van der Waals surface area contributed by atoms with Crippen LogP contribution in [0.4, 0.5) is 0 Å². The number of piperidine rings is 1. The average Bonchev–Trinajstić information content (AvgIpc) is 3.04. The smallest absolute Gasteiger partial charge is 0.233 e. The van der Waals surface area contributed by atoms with Crippen LogP contribution in [0.15, 0.2) is 8.68 Å². The Morgan fingerprint density at radius 3 is 2.46 bits per heavy atom. The number of amides is 2. The van der Waals surface area contributed by atoms with Crippen molar-refractivity contribution in [2.75, 3.05) is 31.1 Å². The summed E-state index contributed by atoms with van der Waals surface area (Å²) < 4.78 is 1.55. The Labute approximate surface area is 155 Å². The molecule has 24 heavy (non-hydrogen) atoms. The largest absolute Gasteiger partial charge is 0.355 e. The van der Waals surface area contributed by atoms with Crippen molar-refractivity contribution in [3.05, 3.63) is 0 Å². The fourth-order valence-corrected chi connectivity index (χ4v) is 4.98. The molecular formula is C15H24N4O2S3. The summed E-state index contributed by atoms with van der Waals surface area (Å²) in [5.74, 6) is 1.67. The van der Waals surface area contributed by atoms with Gasteiger partial charge in [0.05, 0.1) is 11.5 Å². The van der Waals surface area contributed by atoms with E-state index in [0.29, 0.717) is 18.1 Å². The molecule has 0 saturated carbocycles. The summed E-state index contributed by atoms with van der Waals surface area (Å²) in [5.41, 5.74) is 0. The molecule has 2 rings (SSSR count). The summed E-state index contributed by atoms with van der Waals surface area (Å²) in [4.78, 5) is 25.7. The quantitative estimate of drug-likeness (QED) is 0.690. The van der Waals surface area contributed by atoms with Gasteiger partial charge >= 0.3 is 0 Å². The minimum absolute atomic E-state index is 0.0146. The molecule has 6 nitrogen and oxygen atoms in total. The molecule has 0 spiro atoms. The second-order valence-electron chi connectivity index (χ2n) is 5.82. The fraction of sp³-hybridized carbons (Fsp3) is 0.733. The Morgan fingerprint density at radius 1 is 1.21 bits per heavy atom. The summed E-state index contributed by atoms with van der Waals surface area (Å²) in [5, 5.41) is 11.0. The maximum Gasteiger partial charge on any atom is 0.233 e. The zero-order valence-electron chi connectivity index (χ0n) is 14.1. The van der Waals surface area contributed by atoms with E-state index in [1.165, 1.54) is 34.9 Å². The first kappa shape index (κ1) is 19.5. The van der Waals surface area contributed by atoms with Gasteiger partial charge in [-0.1, -0.05) is 48.7 Å². The highest BCUT2D eigenvalue weighted by molar-refractivity contribution is 8.03. The lowest BCUT2D eigenvalue weighted by molar-refractivity contribution is -0.129. The van der Waals surface area contributed by atoms with Crippen molar-refractivity contribution < 1.29 is 9.59 Å². The molecule has 0 unspecified atom stereocenters. The number of hydrogen-bond donors (Lipinski definition) is 1. The third-order valence-corrected chi connectivity index (χ3v) is 6.92. The third kappa shape index (κ3) is 6.60. The zero-order valence-corrected chi connectivity index (χ0v) is 16.6. The highest BCUT2D eigenvalue weighted by atomic mass is 32.2. The molecule has 0 aliphatic carbocycles. The van der Waals surface area contributed by atoms with Crippen LogP contribution in [0.1, 0.15) is 33.1 Å². The lowest BCUT2D eigenvalue weighted by Gasteiger charge is -2.30. The lowest BCUT2D eigenvalue weighted by atomic mass is 9.99. The van der Waals surface area contributed by atoms with Gasteiger partial charge in [0, 0.05) is 19.6 Å². The van der Waals surface area contributed by atoms with E-state index in [9.17, 15) is 9.59 Å². The number of nitrogens with one attached hydrogen (secondary N) is 1. The first-order valence-corrected chi connectivity index (χ1v) is 11.0. The van der Waals surface area contributed by atoms with E-state index in [4.69, 9.17) is 0 Å². The van der Waals surface area contributed by atoms with Gasteiger partial charge in [-0.25, -0.2) is 0 Å². The van der Waals surface area contributed by atoms with Gasteiger partial charge in [-0.15, -0.1) is 10.2 Å². The minimum atomic E-state index is 0.0146. The van der Waals surface area contributed by atoms with Gasteiger partial charge in [-0.2, -0.15) is 0 Å². The van der Waals surface area contributed by atoms with Gasteiger partial charge in [0.2, 0.25) is 11.8 Å². The van der Waals surface area contributed by atoms with Gasteiger partial charge in [0.15, 0.2) is 8.68 Å². The molecule has 9 heteroatoms. The molecule has 1 fully saturated rings. The molecule has 1 aliphatic rings. The maximum atomic E-state index is 12.2. The molecule has 1 aromatic rings. The maximum absolute atomic E-state index is 12.2. The average molecular weight is 389 g/mol. The lowest BCUT2D eigenvalue weighted by Crippen LogP contribution is -2.38. The summed E-state index contributed by atoms with van der Waals surface area (Å²) in [6.07, 6.45) is 3.12. The van der Waals surface area contributed by atoms with E-state index in [2.05, 4.69) is 22.4 Å². The highest BCUT2D eigenvalue weighted by Gasteiger charge is 2.20. The second-order valence-corrected chi connectivity index (χ2v) is 9.25. The van der Waals surface area contributed by atoms with Crippen molar-refractivity contribution in [2.24, 2.45) is 5.92 Å². The molecule has 0 radical (unpaired) electrons. The van der Waals surface area contributed by atoms with Crippen molar-refractivity contribution >= 4 is 46.7 Å². The number of thioether (sulfide) groups is 2. The van der Waals surface area contributed by atoms with Gasteiger partial charge in [0.25, 0.3) is 0 Å². The Bertz CT molecular complexity index is 545. The molecule has 1 aliphatic heterocycles. The van der Waals surface area contributed by atoms with Crippen molar-refractivity contribution in [2.45, 2.75) is 41.8 Å². The number of nitrogens with zero attached hydrogens (tertiary/aromatic N) is 3. The molecule has 1 saturated heterocycles. The number of hydrogen-bond acceptors (Lipinski definition) is 7. The normalized spacial score (nSPS) is 15.5. The van der Waals surface area contributed by atoms with E-state index >= 15 is 0 Å². The number of rotatable bonds is 8. The summed E-state index contributed by atoms with van der Waals surface area (Å²) in [6, 6.07) is 0. The number of aromatic nitrogens is 2. The second kappa shape index (κ2) is 10.2. The number of carbonyl (C=O) groups excluding carboxylic acids is 2. The van der Waals surface area contributed by atoms with Crippen LogP contribution in [0.3, 0.4) is 0 Å². The first-order valence-electron chi connectivity index (χ1n) is 8.22. The summed E-state index contributed by atoms with van der Waals surface area (Å²) in [6.45, 7) is 6.69. The fourth-order valence-electron chi connectivity index (χ4n) is 2.23. The highest BCUT2D eigenvalue weighted by Crippen LogP contribution is 2.29. The van der Waals surface area contributed by atoms with Gasteiger partial charge in [-0.05, 0) is 25.2 Å². The predicted octanol–water partition coefficient (Wildman–Crippen LogP) is 2.51. The van der Waals surface area contributed by atoms with E-state index in [1.54, 1.807) is 0 Å².